The lowest BCUT2D eigenvalue weighted by molar-refractivity contribution is 0.574. The van der Waals surface area contributed by atoms with Crippen molar-refractivity contribution in [2.75, 3.05) is 0 Å². The van der Waals surface area contributed by atoms with Gasteiger partial charge in [-0.3, -0.25) is 0 Å². The van der Waals surface area contributed by atoms with Gasteiger partial charge in [0.2, 0.25) is 0 Å². The van der Waals surface area contributed by atoms with Gasteiger partial charge in [-0.05, 0) is 11.1 Å². The van der Waals surface area contributed by atoms with Crippen LogP contribution in [0.15, 0.2) is 60.7 Å². The van der Waals surface area contributed by atoms with Crippen LogP contribution >= 0.6 is 24.8 Å². The smallest absolute Gasteiger partial charge is 0.0491 e. The lowest BCUT2D eigenvalue weighted by atomic mass is 9.95. The van der Waals surface area contributed by atoms with Crippen molar-refractivity contribution in [1.82, 2.24) is 0 Å². The van der Waals surface area contributed by atoms with Crippen LogP contribution in [0.4, 0.5) is 0 Å². The van der Waals surface area contributed by atoms with Gasteiger partial charge in [0.25, 0.3) is 0 Å². The molecular weight excluding hydrogens is 267 g/mol. The molecule has 0 spiro atoms. The Morgan fingerprint density at radius 3 is 1.11 bits per heavy atom. The zero-order chi connectivity index (χ0) is 11.4. The van der Waals surface area contributed by atoms with Crippen molar-refractivity contribution in [3.05, 3.63) is 71.8 Å². The van der Waals surface area contributed by atoms with Crippen LogP contribution in [-0.2, 0) is 0 Å². The first-order valence-electron chi connectivity index (χ1n) is 5.40. The number of rotatable bonds is 3. The molecule has 0 bridgehead atoms. The molecule has 2 nitrogen and oxygen atoms in total. The second kappa shape index (κ2) is 8.11. The van der Waals surface area contributed by atoms with E-state index in [1.807, 2.05) is 60.7 Å². The van der Waals surface area contributed by atoms with Gasteiger partial charge in [0.05, 0.1) is 0 Å². The third-order valence-electron chi connectivity index (χ3n) is 2.76. The number of hydrogen-bond acceptors (Lipinski definition) is 2. The largest absolute Gasteiger partial charge is 0.322 e. The Labute approximate surface area is 120 Å². The van der Waals surface area contributed by atoms with E-state index >= 15 is 0 Å². The molecule has 0 aliphatic carbocycles. The van der Waals surface area contributed by atoms with Gasteiger partial charge in [0.1, 0.15) is 0 Å². The molecule has 18 heavy (non-hydrogen) atoms. The lowest BCUT2D eigenvalue weighted by Crippen LogP contribution is -2.26. The molecule has 2 aromatic rings. The van der Waals surface area contributed by atoms with Gasteiger partial charge < -0.3 is 11.5 Å². The van der Waals surface area contributed by atoms with Crippen LogP contribution in [0.1, 0.15) is 23.2 Å². The van der Waals surface area contributed by atoms with Crippen molar-refractivity contribution >= 4 is 24.8 Å². The van der Waals surface area contributed by atoms with E-state index in [9.17, 15) is 0 Å². The normalized spacial score (nSPS) is 12.8. The van der Waals surface area contributed by atoms with Crippen LogP contribution in [0.2, 0.25) is 0 Å². The van der Waals surface area contributed by atoms with Crippen molar-refractivity contribution in [1.29, 1.82) is 0 Å². The molecule has 0 aliphatic rings. The average Bonchev–Trinajstić information content (AvgIpc) is 2.39. The van der Waals surface area contributed by atoms with Crippen LogP contribution in [0, 0.1) is 0 Å². The second-order valence-corrected chi connectivity index (χ2v) is 3.87. The number of nitrogens with two attached hydrogens (primary N) is 2. The molecule has 0 saturated carbocycles. The molecule has 0 aliphatic heterocycles. The third kappa shape index (κ3) is 4.00. The molecule has 2 rings (SSSR count). The topological polar surface area (TPSA) is 52.0 Å². The van der Waals surface area contributed by atoms with Crippen molar-refractivity contribution in [2.45, 2.75) is 12.1 Å². The number of hydrogen-bond donors (Lipinski definition) is 2. The molecule has 4 heteroatoms. The number of benzene rings is 2. The third-order valence-corrected chi connectivity index (χ3v) is 2.76. The fraction of sp³-hybridized carbons (Fsp3) is 0.143. The quantitative estimate of drug-likeness (QED) is 0.909. The molecule has 4 N–H and O–H groups in total. The lowest BCUT2D eigenvalue weighted by Gasteiger charge is -2.20. The van der Waals surface area contributed by atoms with Crippen molar-refractivity contribution in [3.8, 4) is 0 Å². The molecule has 0 fully saturated rings. The van der Waals surface area contributed by atoms with Gasteiger partial charge in [-0.15, -0.1) is 24.8 Å². The summed E-state index contributed by atoms with van der Waals surface area (Å²) in [6.45, 7) is 0. The highest BCUT2D eigenvalue weighted by molar-refractivity contribution is 5.85. The summed E-state index contributed by atoms with van der Waals surface area (Å²) < 4.78 is 0. The summed E-state index contributed by atoms with van der Waals surface area (Å²) in [7, 11) is 0. The van der Waals surface area contributed by atoms with E-state index in [1.54, 1.807) is 0 Å². The SMILES string of the molecule is Cl.Cl.N[C@H](c1ccccc1)[C@H](N)c1ccccc1. The fourth-order valence-electron chi connectivity index (χ4n) is 1.77. The molecule has 0 aromatic heterocycles. The molecule has 0 amide bonds. The molecule has 2 atom stereocenters. The molecule has 98 valence electrons. The Hall–Kier alpha value is -1.06. The maximum Gasteiger partial charge on any atom is 0.0491 e. The Kier molecular flexibility index (Phi) is 7.64. The Morgan fingerprint density at radius 1 is 0.556 bits per heavy atom. The minimum absolute atomic E-state index is 0. The predicted octanol–water partition coefficient (Wildman–Crippen LogP) is 3.23. The minimum atomic E-state index is -0.163. The highest BCUT2D eigenvalue weighted by Crippen LogP contribution is 2.23. The molecule has 0 unspecified atom stereocenters. The first-order valence-corrected chi connectivity index (χ1v) is 5.40. The van der Waals surface area contributed by atoms with Gasteiger partial charge in [-0.2, -0.15) is 0 Å². The summed E-state index contributed by atoms with van der Waals surface area (Å²) >= 11 is 0. The van der Waals surface area contributed by atoms with Gasteiger partial charge in [0, 0.05) is 12.1 Å². The zero-order valence-electron chi connectivity index (χ0n) is 9.90. The first kappa shape index (κ1) is 16.9. The number of halogens is 2. The highest BCUT2D eigenvalue weighted by Gasteiger charge is 2.16. The molecule has 2 aromatic carbocycles. The summed E-state index contributed by atoms with van der Waals surface area (Å²) in [6, 6.07) is 19.6. The maximum atomic E-state index is 6.15. The molecule has 0 heterocycles. The Balaban J connectivity index is 0.00000144. The first-order chi connectivity index (χ1) is 7.79. The summed E-state index contributed by atoms with van der Waals surface area (Å²) in [5.74, 6) is 0. The summed E-state index contributed by atoms with van der Waals surface area (Å²) in [6.07, 6.45) is 0. The van der Waals surface area contributed by atoms with Gasteiger partial charge in [0.15, 0.2) is 0 Å². The molecule has 0 radical (unpaired) electrons. The average molecular weight is 285 g/mol. The van der Waals surface area contributed by atoms with Crippen molar-refractivity contribution < 1.29 is 0 Å². The van der Waals surface area contributed by atoms with E-state index in [1.165, 1.54) is 0 Å². The zero-order valence-corrected chi connectivity index (χ0v) is 11.5. The predicted molar refractivity (Wildman–Crippen MR) is 81.2 cm³/mol. The minimum Gasteiger partial charge on any atom is -0.322 e. The van der Waals surface area contributed by atoms with Crippen LogP contribution in [-0.4, -0.2) is 0 Å². The van der Waals surface area contributed by atoms with Gasteiger partial charge in [-0.25, -0.2) is 0 Å². The van der Waals surface area contributed by atoms with E-state index in [4.69, 9.17) is 11.5 Å². The molecular formula is C14H18Cl2N2. The second-order valence-electron chi connectivity index (χ2n) is 3.87. The Bertz CT molecular complexity index is 391. The van der Waals surface area contributed by atoms with Crippen LogP contribution in [0.3, 0.4) is 0 Å². The van der Waals surface area contributed by atoms with E-state index in [2.05, 4.69) is 0 Å². The van der Waals surface area contributed by atoms with E-state index in [0.717, 1.165) is 11.1 Å². The van der Waals surface area contributed by atoms with E-state index < -0.39 is 0 Å². The monoisotopic (exact) mass is 284 g/mol. The Morgan fingerprint density at radius 2 is 0.833 bits per heavy atom. The summed E-state index contributed by atoms with van der Waals surface area (Å²) in [5, 5.41) is 0. The van der Waals surface area contributed by atoms with Crippen LogP contribution in [0.25, 0.3) is 0 Å². The van der Waals surface area contributed by atoms with Crippen molar-refractivity contribution in [2.24, 2.45) is 11.5 Å². The van der Waals surface area contributed by atoms with Crippen LogP contribution < -0.4 is 11.5 Å². The van der Waals surface area contributed by atoms with E-state index in [0.29, 0.717) is 0 Å². The summed E-state index contributed by atoms with van der Waals surface area (Å²) in [4.78, 5) is 0. The standard InChI is InChI=1S/C14H16N2.2ClH/c15-13(11-7-3-1-4-8-11)14(16)12-9-5-2-6-10-12;;/h1-10,13-14H,15-16H2;2*1H/t13-,14-;;/m1../s1. The fourth-order valence-corrected chi connectivity index (χ4v) is 1.77. The van der Waals surface area contributed by atoms with E-state index in [-0.39, 0.29) is 36.9 Å². The van der Waals surface area contributed by atoms with Crippen molar-refractivity contribution in [3.63, 3.8) is 0 Å². The van der Waals surface area contributed by atoms with Gasteiger partial charge in [-0.1, -0.05) is 60.7 Å². The van der Waals surface area contributed by atoms with Gasteiger partial charge >= 0.3 is 0 Å². The van der Waals surface area contributed by atoms with Crippen LogP contribution in [0.5, 0.6) is 0 Å². The maximum absolute atomic E-state index is 6.15. The highest BCUT2D eigenvalue weighted by atomic mass is 35.5. The summed E-state index contributed by atoms with van der Waals surface area (Å²) in [5.41, 5.74) is 14.4. The molecule has 0 saturated heterocycles.